The first-order valence-corrected chi connectivity index (χ1v) is 7.76. The van der Waals surface area contributed by atoms with Crippen LogP contribution in [-0.2, 0) is 6.54 Å². The standard InChI is InChI=1S/C19H18N4O/c1-24-16-4-2-3-13(9-16)12-23-8-7-14-5-6-15(10-18(14)23)17-11-19(20)22-21-17/h2-11H,12H2,1H3,(H3,20,21,22). The van der Waals surface area contributed by atoms with Crippen molar-refractivity contribution in [2.75, 3.05) is 12.8 Å². The van der Waals surface area contributed by atoms with E-state index in [0.717, 1.165) is 23.6 Å². The lowest BCUT2D eigenvalue weighted by atomic mass is 10.1. The monoisotopic (exact) mass is 318 g/mol. The molecule has 4 rings (SSSR count). The second-order valence-corrected chi connectivity index (χ2v) is 5.78. The van der Waals surface area contributed by atoms with E-state index in [9.17, 15) is 0 Å². The molecule has 120 valence electrons. The maximum Gasteiger partial charge on any atom is 0.145 e. The number of nitrogen functional groups attached to an aromatic ring is 1. The van der Waals surface area contributed by atoms with Crippen LogP contribution in [0, 0.1) is 0 Å². The zero-order valence-electron chi connectivity index (χ0n) is 13.4. The van der Waals surface area contributed by atoms with Crippen LogP contribution in [0.4, 0.5) is 5.82 Å². The third-order valence-electron chi connectivity index (χ3n) is 4.17. The molecule has 0 radical (unpaired) electrons. The number of benzene rings is 2. The van der Waals surface area contributed by atoms with Gasteiger partial charge in [-0.1, -0.05) is 24.3 Å². The van der Waals surface area contributed by atoms with Crippen molar-refractivity contribution in [3.63, 3.8) is 0 Å². The van der Waals surface area contributed by atoms with Crippen LogP contribution in [0.1, 0.15) is 5.56 Å². The molecule has 0 fully saturated rings. The molecule has 2 heterocycles. The molecule has 5 heteroatoms. The zero-order chi connectivity index (χ0) is 16.5. The smallest absolute Gasteiger partial charge is 0.145 e. The van der Waals surface area contributed by atoms with Gasteiger partial charge >= 0.3 is 0 Å². The molecule has 0 bridgehead atoms. The molecule has 2 aromatic carbocycles. The van der Waals surface area contributed by atoms with Gasteiger partial charge in [0.05, 0.1) is 12.8 Å². The van der Waals surface area contributed by atoms with E-state index < -0.39 is 0 Å². The van der Waals surface area contributed by atoms with Crippen molar-refractivity contribution < 1.29 is 4.74 Å². The number of aromatic amines is 1. The number of rotatable bonds is 4. The number of nitrogens with zero attached hydrogens (tertiary/aromatic N) is 2. The molecule has 0 spiro atoms. The van der Waals surface area contributed by atoms with Gasteiger partial charge in [-0.05, 0) is 35.2 Å². The van der Waals surface area contributed by atoms with Crippen LogP contribution in [0.2, 0.25) is 0 Å². The van der Waals surface area contributed by atoms with E-state index in [-0.39, 0.29) is 0 Å². The lowest BCUT2D eigenvalue weighted by Gasteiger charge is -2.08. The Labute approximate surface area is 139 Å². The third kappa shape index (κ3) is 2.60. The van der Waals surface area contributed by atoms with Crippen LogP contribution < -0.4 is 10.5 Å². The van der Waals surface area contributed by atoms with Crippen LogP contribution in [0.25, 0.3) is 22.2 Å². The Bertz CT molecular complexity index is 999. The Morgan fingerprint density at radius 1 is 1.12 bits per heavy atom. The van der Waals surface area contributed by atoms with Gasteiger partial charge in [0.1, 0.15) is 11.6 Å². The zero-order valence-corrected chi connectivity index (χ0v) is 13.4. The van der Waals surface area contributed by atoms with E-state index in [2.05, 4.69) is 57.4 Å². The van der Waals surface area contributed by atoms with Crippen LogP contribution in [0.15, 0.2) is 60.8 Å². The van der Waals surface area contributed by atoms with E-state index in [4.69, 9.17) is 10.5 Å². The fraction of sp³-hybridized carbons (Fsp3) is 0.105. The summed E-state index contributed by atoms with van der Waals surface area (Å²) in [5.41, 5.74) is 10.1. The van der Waals surface area contributed by atoms with E-state index in [1.165, 1.54) is 16.5 Å². The van der Waals surface area contributed by atoms with Crippen molar-refractivity contribution >= 4 is 16.7 Å². The number of H-pyrrole nitrogens is 1. The highest BCUT2D eigenvalue weighted by atomic mass is 16.5. The molecular formula is C19H18N4O. The largest absolute Gasteiger partial charge is 0.497 e. The van der Waals surface area contributed by atoms with Crippen molar-refractivity contribution in [3.8, 4) is 17.0 Å². The number of ether oxygens (including phenoxy) is 1. The summed E-state index contributed by atoms with van der Waals surface area (Å²) in [4.78, 5) is 0. The minimum absolute atomic E-state index is 0.497. The number of hydrogen-bond donors (Lipinski definition) is 2. The van der Waals surface area contributed by atoms with E-state index >= 15 is 0 Å². The molecule has 0 saturated heterocycles. The summed E-state index contributed by atoms with van der Waals surface area (Å²) in [5.74, 6) is 1.37. The summed E-state index contributed by atoms with van der Waals surface area (Å²) in [6, 6.07) is 18.4. The fourth-order valence-corrected chi connectivity index (χ4v) is 2.94. The lowest BCUT2D eigenvalue weighted by molar-refractivity contribution is 0.414. The van der Waals surface area contributed by atoms with Gasteiger partial charge in [0.25, 0.3) is 0 Å². The van der Waals surface area contributed by atoms with Gasteiger partial charge in [0, 0.05) is 29.9 Å². The molecular weight excluding hydrogens is 300 g/mol. The Morgan fingerprint density at radius 2 is 2.04 bits per heavy atom. The molecule has 0 saturated carbocycles. The lowest BCUT2D eigenvalue weighted by Crippen LogP contribution is -1.98. The Hall–Kier alpha value is -3.21. The topological polar surface area (TPSA) is 68.9 Å². The highest BCUT2D eigenvalue weighted by Crippen LogP contribution is 2.25. The molecule has 0 aliphatic heterocycles. The maximum absolute atomic E-state index is 5.71. The molecule has 0 aliphatic carbocycles. The van der Waals surface area contributed by atoms with Gasteiger partial charge in [-0.25, -0.2) is 0 Å². The predicted molar refractivity (Wildman–Crippen MR) is 96.0 cm³/mol. The molecule has 0 aliphatic rings. The summed E-state index contributed by atoms with van der Waals surface area (Å²) >= 11 is 0. The second-order valence-electron chi connectivity index (χ2n) is 5.78. The van der Waals surface area contributed by atoms with Crippen LogP contribution in [0.3, 0.4) is 0 Å². The number of hydrogen-bond acceptors (Lipinski definition) is 3. The van der Waals surface area contributed by atoms with E-state index in [1.54, 1.807) is 7.11 Å². The molecule has 3 N–H and O–H groups in total. The molecule has 24 heavy (non-hydrogen) atoms. The Balaban J connectivity index is 1.73. The van der Waals surface area contributed by atoms with Gasteiger partial charge in [-0.2, -0.15) is 5.10 Å². The maximum atomic E-state index is 5.71. The molecule has 5 nitrogen and oxygen atoms in total. The summed E-state index contributed by atoms with van der Waals surface area (Å²) in [5, 5.41) is 8.17. The first-order valence-electron chi connectivity index (χ1n) is 7.76. The number of methoxy groups -OCH3 is 1. The minimum atomic E-state index is 0.497. The average molecular weight is 318 g/mol. The van der Waals surface area contributed by atoms with Crippen molar-refractivity contribution in [1.29, 1.82) is 0 Å². The fourth-order valence-electron chi connectivity index (χ4n) is 2.94. The van der Waals surface area contributed by atoms with Gasteiger partial charge < -0.3 is 15.0 Å². The average Bonchev–Trinajstić information content (AvgIpc) is 3.21. The number of fused-ring (bicyclic) bond motifs is 1. The number of anilines is 1. The van der Waals surface area contributed by atoms with Crippen LogP contribution in [0.5, 0.6) is 5.75 Å². The molecule has 0 unspecified atom stereocenters. The first-order chi connectivity index (χ1) is 11.7. The van der Waals surface area contributed by atoms with Gasteiger partial charge in [0.15, 0.2) is 0 Å². The van der Waals surface area contributed by atoms with Crippen molar-refractivity contribution in [2.45, 2.75) is 6.54 Å². The van der Waals surface area contributed by atoms with Crippen molar-refractivity contribution in [3.05, 3.63) is 66.4 Å². The van der Waals surface area contributed by atoms with Gasteiger partial charge in [-0.15, -0.1) is 0 Å². The Morgan fingerprint density at radius 3 is 2.83 bits per heavy atom. The third-order valence-corrected chi connectivity index (χ3v) is 4.17. The van der Waals surface area contributed by atoms with E-state index in [1.807, 2.05) is 18.2 Å². The van der Waals surface area contributed by atoms with Gasteiger partial charge in [-0.3, -0.25) is 5.10 Å². The SMILES string of the molecule is COc1cccc(Cn2ccc3ccc(-c4cc(N)n[nH]4)cc32)c1. The molecule has 4 aromatic rings. The highest BCUT2D eigenvalue weighted by Gasteiger charge is 2.07. The molecule has 0 amide bonds. The molecule has 2 aromatic heterocycles. The first kappa shape index (κ1) is 14.4. The summed E-state index contributed by atoms with van der Waals surface area (Å²) < 4.78 is 7.54. The van der Waals surface area contributed by atoms with Gasteiger partial charge in [0.2, 0.25) is 0 Å². The van der Waals surface area contributed by atoms with Crippen LogP contribution >= 0.6 is 0 Å². The summed E-state index contributed by atoms with van der Waals surface area (Å²) in [6.07, 6.45) is 2.11. The normalized spacial score (nSPS) is 11.0. The quantitative estimate of drug-likeness (QED) is 0.603. The van der Waals surface area contributed by atoms with Crippen molar-refractivity contribution in [2.24, 2.45) is 0 Å². The number of nitrogens with one attached hydrogen (secondary N) is 1. The summed E-state index contributed by atoms with van der Waals surface area (Å²) in [7, 11) is 1.69. The number of nitrogens with two attached hydrogens (primary N) is 1. The predicted octanol–water partition coefficient (Wildman–Crippen LogP) is 3.67. The Kier molecular flexibility index (Phi) is 3.46. The van der Waals surface area contributed by atoms with Crippen molar-refractivity contribution in [1.82, 2.24) is 14.8 Å². The minimum Gasteiger partial charge on any atom is -0.497 e. The van der Waals surface area contributed by atoms with Crippen LogP contribution in [-0.4, -0.2) is 21.9 Å². The summed E-state index contributed by atoms with van der Waals surface area (Å²) in [6.45, 7) is 0.787. The number of aromatic nitrogens is 3. The highest BCUT2D eigenvalue weighted by molar-refractivity contribution is 5.85. The molecule has 0 atom stereocenters. The second kappa shape index (κ2) is 5.77. The van der Waals surface area contributed by atoms with E-state index in [0.29, 0.717) is 5.82 Å².